The molecule has 4 nitrogen and oxygen atoms in total. The molecule has 6 heteroatoms. The summed E-state index contributed by atoms with van der Waals surface area (Å²) in [4.78, 5) is 13.2. The quantitative estimate of drug-likeness (QED) is 0.522. The van der Waals surface area contributed by atoms with Crippen LogP contribution in [-0.4, -0.2) is 34.5 Å². The Bertz CT molecular complexity index is 892. The van der Waals surface area contributed by atoms with Crippen molar-refractivity contribution in [3.05, 3.63) is 53.4 Å². The number of benzene rings is 2. The van der Waals surface area contributed by atoms with Crippen LogP contribution in [0.4, 0.5) is 10.5 Å². The predicted molar refractivity (Wildman–Crippen MR) is 115 cm³/mol. The van der Waals surface area contributed by atoms with Gasteiger partial charge in [-0.2, -0.15) is 0 Å². The van der Waals surface area contributed by atoms with Crippen LogP contribution >= 0.6 is 11.3 Å². The molecular weight excluding hydrogens is 421 g/mol. The van der Waals surface area contributed by atoms with Gasteiger partial charge in [-0.05, 0) is 0 Å². The molecular formula is C21H24AsNO3S. The van der Waals surface area contributed by atoms with E-state index in [0.29, 0.717) is 18.0 Å². The van der Waals surface area contributed by atoms with Crippen LogP contribution in [-0.2, 0) is 9.95 Å². The fourth-order valence-corrected chi connectivity index (χ4v) is 8.09. The van der Waals surface area contributed by atoms with Crippen molar-refractivity contribution in [3.63, 3.8) is 0 Å². The molecule has 2 aromatic carbocycles. The number of methoxy groups -OCH3 is 1. The first-order valence-corrected chi connectivity index (χ1v) is 13.9. The summed E-state index contributed by atoms with van der Waals surface area (Å²) in [6.07, 6.45) is 0.351. The van der Waals surface area contributed by atoms with Crippen LogP contribution in [0.3, 0.4) is 0 Å². The van der Waals surface area contributed by atoms with E-state index in [9.17, 15) is 4.79 Å². The molecule has 1 heterocycles. The Kier molecular flexibility index (Phi) is 6.81. The third-order valence-electron chi connectivity index (χ3n) is 4.17. The van der Waals surface area contributed by atoms with E-state index in [1.54, 1.807) is 7.11 Å². The average molecular weight is 445 g/mol. The van der Waals surface area contributed by atoms with Gasteiger partial charge >= 0.3 is 169 Å². The molecule has 27 heavy (non-hydrogen) atoms. The number of thiophene rings is 1. The van der Waals surface area contributed by atoms with E-state index in [0.717, 1.165) is 11.6 Å². The zero-order chi connectivity index (χ0) is 19.2. The summed E-state index contributed by atoms with van der Waals surface area (Å²) in [5, 5.41) is 5.20. The van der Waals surface area contributed by atoms with E-state index in [-0.39, 0.29) is 0 Å². The molecule has 0 saturated carbocycles. The number of fused-ring (bicyclic) bond motifs is 1. The summed E-state index contributed by atoms with van der Waals surface area (Å²) in [6, 6.07) is 16.9. The first kappa shape index (κ1) is 19.8. The molecule has 0 aliphatic heterocycles. The monoisotopic (exact) mass is 445 g/mol. The van der Waals surface area contributed by atoms with Crippen molar-refractivity contribution in [1.29, 1.82) is 0 Å². The molecule has 0 saturated heterocycles. The molecule has 1 unspecified atom stereocenters. The predicted octanol–water partition coefficient (Wildman–Crippen LogP) is 4.98. The second kappa shape index (κ2) is 9.29. The normalized spacial score (nSPS) is 12.0. The van der Waals surface area contributed by atoms with Crippen molar-refractivity contribution >= 4 is 52.2 Å². The van der Waals surface area contributed by atoms with Crippen molar-refractivity contribution in [2.75, 3.05) is 19.0 Å². The van der Waals surface area contributed by atoms with E-state index in [4.69, 9.17) is 9.47 Å². The van der Waals surface area contributed by atoms with Crippen LogP contribution in [0.15, 0.2) is 48.5 Å². The number of hydrogen-bond donors (Lipinski definition) is 1. The molecule has 0 aliphatic carbocycles. The number of ether oxygens (including phenoxy) is 2. The van der Waals surface area contributed by atoms with Gasteiger partial charge in [-0.15, -0.1) is 0 Å². The molecule has 3 rings (SSSR count). The zero-order valence-corrected chi connectivity index (χ0v) is 18.5. The van der Waals surface area contributed by atoms with Gasteiger partial charge in [-0.3, -0.25) is 0 Å². The van der Waals surface area contributed by atoms with Crippen LogP contribution in [0.1, 0.15) is 18.2 Å². The van der Waals surface area contributed by atoms with E-state index < -0.39 is 20.7 Å². The molecule has 1 N–H and O–H groups in total. The van der Waals surface area contributed by atoms with Crippen molar-refractivity contribution < 1.29 is 14.3 Å². The first-order chi connectivity index (χ1) is 13.1. The maximum atomic E-state index is 11.8. The van der Waals surface area contributed by atoms with Crippen molar-refractivity contribution in [1.82, 2.24) is 0 Å². The Balaban J connectivity index is 1.72. The number of amides is 1. The van der Waals surface area contributed by atoms with E-state index in [1.165, 1.54) is 19.3 Å². The van der Waals surface area contributed by atoms with Gasteiger partial charge in [0, 0.05) is 0 Å². The van der Waals surface area contributed by atoms with Gasteiger partial charge in [-0.1, -0.05) is 0 Å². The van der Waals surface area contributed by atoms with E-state index in [2.05, 4.69) is 53.5 Å². The number of carbonyl (C=O) groups is 1. The van der Waals surface area contributed by atoms with Gasteiger partial charge in [0.15, 0.2) is 0 Å². The Labute approximate surface area is 168 Å². The zero-order valence-electron chi connectivity index (χ0n) is 15.8. The van der Waals surface area contributed by atoms with E-state index >= 15 is 0 Å². The summed E-state index contributed by atoms with van der Waals surface area (Å²) in [6.45, 7) is 2.37. The van der Waals surface area contributed by atoms with Gasteiger partial charge in [-0.25, -0.2) is 0 Å². The second-order valence-corrected chi connectivity index (χ2v) is 12.1. The van der Waals surface area contributed by atoms with Gasteiger partial charge in [0.25, 0.3) is 0 Å². The van der Waals surface area contributed by atoms with Crippen molar-refractivity contribution in [2.24, 2.45) is 0 Å². The van der Waals surface area contributed by atoms with E-state index in [1.807, 2.05) is 24.3 Å². The minimum atomic E-state index is -1.25. The molecule has 142 valence electrons. The maximum absolute atomic E-state index is 11.8. The Morgan fingerprint density at radius 1 is 1.19 bits per heavy atom. The molecule has 0 aliphatic rings. The summed E-state index contributed by atoms with van der Waals surface area (Å²) in [5.74, 6) is 0.679. The topological polar surface area (TPSA) is 47.6 Å². The van der Waals surface area contributed by atoms with Crippen LogP contribution in [0.5, 0.6) is 5.75 Å². The summed E-state index contributed by atoms with van der Waals surface area (Å²) < 4.78 is 13.2. The molecule has 3 aromatic rings. The van der Waals surface area contributed by atoms with Crippen LogP contribution in [0, 0.1) is 0 Å². The third kappa shape index (κ3) is 5.05. The summed E-state index contributed by atoms with van der Waals surface area (Å²) in [5.41, 5.74) is 3.00. The van der Waals surface area contributed by atoms with Gasteiger partial charge in [0.05, 0.1) is 0 Å². The fourth-order valence-electron chi connectivity index (χ4n) is 2.80. The van der Waals surface area contributed by atoms with Gasteiger partial charge in [0.1, 0.15) is 0 Å². The first-order valence-electron chi connectivity index (χ1n) is 8.91. The molecule has 1 atom stereocenters. The van der Waals surface area contributed by atoms with Crippen molar-refractivity contribution in [2.45, 2.75) is 24.3 Å². The molecule has 0 spiro atoms. The average Bonchev–Trinajstić information content (AvgIpc) is 3.08. The van der Waals surface area contributed by atoms with Gasteiger partial charge < -0.3 is 0 Å². The Morgan fingerprint density at radius 3 is 2.74 bits per heavy atom. The standard InChI is InChI=1S/C21H24AsNO3S/c1-4-11-26-21(24)23-18-10-9-16(13-19(18)25-3)22(2)14-17-12-15-7-5-6-8-20(15)27-17/h5-10,12-13H,4,11,14H2,1-3H3,(H,23,24). The van der Waals surface area contributed by atoms with Crippen LogP contribution < -0.4 is 14.4 Å². The molecule has 1 aromatic heterocycles. The molecule has 0 fully saturated rings. The Morgan fingerprint density at radius 2 is 2.00 bits per heavy atom. The third-order valence-corrected chi connectivity index (χ3v) is 9.89. The van der Waals surface area contributed by atoms with Crippen LogP contribution in [0.2, 0.25) is 5.71 Å². The number of hydrogen-bond acceptors (Lipinski definition) is 4. The number of nitrogens with one attached hydrogen (secondary N) is 1. The van der Waals surface area contributed by atoms with Gasteiger partial charge in [0.2, 0.25) is 0 Å². The second-order valence-electron chi connectivity index (χ2n) is 6.25. The number of anilines is 1. The molecule has 0 bridgehead atoms. The van der Waals surface area contributed by atoms with Crippen molar-refractivity contribution in [3.8, 4) is 5.75 Å². The molecule has 1 amide bonds. The fraction of sp³-hybridized carbons (Fsp3) is 0.286. The SMILES string of the molecule is CCCOC(=O)Nc1ccc([As](C)Cc2cc3ccccc3s2)cc1OC. The van der Waals surface area contributed by atoms with Crippen LogP contribution in [0.25, 0.3) is 10.1 Å². The molecule has 0 radical (unpaired) electrons. The minimum absolute atomic E-state index is 0.408. The number of carbonyl (C=O) groups excluding carboxylic acids is 1. The number of rotatable bonds is 7. The summed E-state index contributed by atoms with van der Waals surface area (Å²) in [7, 11) is 1.63. The summed E-state index contributed by atoms with van der Waals surface area (Å²) >= 11 is 0.631. The Hall–Kier alpha value is -1.97.